The van der Waals surface area contributed by atoms with Gasteiger partial charge in [-0.3, -0.25) is 9.59 Å². The second-order valence-electron chi connectivity index (χ2n) is 8.82. The molecule has 5 heteroatoms. The van der Waals surface area contributed by atoms with Gasteiger partial charge in [0.1, 0.15) is 0 Å². The summed E-state index contributed by atoms with van der Waals surface area (Å²) in [6.45, 7) is 1.33. The second-order valence-corrected chi connectivity index (χ2v) is 9.77. The summed E-state index contributed by atoms with van der Waals surface area (Å²) in [7, 11) is 3.66. The van der Waals surface area contributed by atoms with E-state index in [1.807, 2.05) is 19.0 Å². The van der Waals surface area contributed by atoms with Crippen LogP contribution in [0, 0.1) is 11.3 Å². The van der Waals surface area contributed by atoms with Crippen LogP contribution in [0.25, 0.3) is 10.4 Å². The second kappa shape index (κ2) is 8.31. The first-order valence-electron chi connectivity index (χ1n) is 10.6. The highest BCUT2D eigenvalue weighted by Gasteiger charge is 2.45. The van der Waals surface area contributed by atoms with Gasteiger partial charge in [0.2, 0.25) is 11.8 Å². The largest absolute Gasteiger partial charge is 0.348 e. The summed E-state index contributed by atoms with van der Waals surface area (Å²) < 4.78 is 0. The third kappa shape index (κ3) is 4.11. The molecule has 2 aromatic rings. The number of likely N-dealkylation sites (tertiary alicyclic amines) is 1. The predicted molar refractivity (Wildman–Crippen MR) is 118 cm³/mol. The highest BCUT2D eigenvalue weighted by molar-refractivity contribution is 7.13. The third-order valence-electron chi connectivity index (χ3n) is 6.50. The summed E-state index contributed by atoms with van der Waals surface area (Å²) in [6, 6.07) is 12.8. The van der Waals surface area contributed by atoms with Crippen molar-refractivity contribution in [3.8, 4) is 10.4 Å². The Morgan fingerprint density at radius 2 is 1.90 bits per heavy atom. The van der Waals surface area contributed by atoms with E-state index in [9.17, 15) is 9.59 Å². The van der Waals surface area contributed by atoms with Crippen LogP contribution in [0.5, 0.6) is 0 Å². The van der Waals surface area contributed by atoms with Gasteiger partial charge in [-0.2, -0.15) is 0 Å². The average Bonchev–Trinajstić information content (AvgIpc) is 3.21. The van der Waals surface area contributed by atoms with Gasteiger partial charge >= 0.3 is 0 Å². The van der Waals surface area contributed by atoms with Gasteiger partial charge in [-0.05, 0) is 54.7 Å². The van der Waals surface area contributed by atoms with Crippen molar-refractivity contribution in [2.45, 2.75) is 38.5 Å². The number of thiophene rings is 1. The first-order chi connectivity index (χ1) is 14.0. The maximum absolute atomic E-state index is 13.3. The fourth-order valence-corrected chi connectivity index (χ4v) is 5.46. The number of amides is 2. The van der Waals surface area contributed by atoms with Crippen molar-refractivity contribution in [3.05, 3.63) is 47.3 Å². The summed E-state index contributed by atoms with van der Waals surface area (Å²) in [5.74, 6) is 0.594. The number of hydrogen-bond donors (Lipinski definition) is 0. The van der Waals surface area contributed by atoms with Crippen LogP contribution in [0.3, 0.4) is 0 Å². The topological polar surface area (TPSA) is 40.6 Å². The zero-order valence-electron chi connectivity index (χ0n) is 17.4. The highest BCUT2D eigenvalue weighted by atomic mass is 32.1. The van der Waals surface area contributed by atoms with Crippen LogP contribution >= 0.6 is 11.3 Å². The Balaban J connectivity index is 1.56. The molecule has 2 fully saturated rings. The molecule has 1 atom stereocenters. The molecule has 29 heavy (non-hydrogen) atoms. The average molecular weight is 411 g/mol. The molecule has 1 saturated heterocycles. The molecule has 1 aromatic heterocycles. The van der Waals surface area contributed by atoms with Crippen LogP contribution in [0.15, 0.2) is 41.8 Å². The molecule has 2 heterocycles. The van der Waals surface area contributed by atoms with Gasteiger partial charge < -0.3 is 9.80 Å². The Labute approximate surface area is 177 Å². The zero-order valence-corrected chi connectivity index (χ0v) is 18.2. The molecular formula is C24H30N2O2S. The molecule has 1 aliphatic heterocycles. The van der Waals surface area contributed by atoms with E-state index >= 15 is 0 Å². The fourth-order valence-electron chi connectivity index (χ4n) is 4.72. The molecule has 0 bridgehead atoms. The normalized spacial score (nSPS) is 22.2. The fraction of sp³-hybridized carbons (Fsp3) is 0.500. The minimum atomic E-state index is -0.522. The molecular weight excluding hydrogens is 380 g/mol. The molecule has 2 amide bonds. The standard InChI is InChI=1S/C24H30N2O2S/c1-25(2)23(28)24(13-5-14-26(17-24)22(27)20-6-3-7-20)16-18-9-11-19(12-10-18)21-8-4-15-29-21/h4,8-12,15,20H,3,5-7,13-14,16-17H2,1-2H3/t24-/m0/s1. The van der Waals surface area contributed by atoms with Gasteiger partial charge in [0, 0.05) is 38.0 Å². The van der Waals surface area contributed by atoms with E-state index in [4.69, 9.17) is 0 Å². The molecule has 1 saturated carbocycles. The van der Waals surface area contributed by atoms with Gasteiger partial charge in [-0.1, -0.05) is 36.8 Å². The van der Waals surface area contributed by atoms with E-state index in [1.165, 1.54) is 16.0 Å². The van der Waals surface area contributed by atoms with E-state index in [0.29, 0.717) is 13.0 Å². The molecule has 0 unspecified atom stereocenters. The van der Waals surface area contributed by atoms with Gasteiger partial charge in [0.15, 0.2) is 0 Å². The zero-order chi connectivity index (χ0) is 20.4. The molecule has 0 radical (unpaired) electrons. The minimum Gasteiger partial charge on any atom is -0.348 e. The molecule has 2 aliphatic rings. The van der Waals surface area contributed by atoms with E-state index in [2.05, 4.69) is 41.8 Å². The lowest BCUT2D eigenvalue weighted by Crippen LogP contribution is -2.55. The number of piperidine rings is 1. The van der Waals surface area contributed by atoms with Gasteiger partial charge in [-0.15, -0.1) is 11.3 Å². The van der Waals surface area contributed by atoms with Gasteiger partial charge in [0.05, 0.1) is 5.41 Å². The summed E-state index contributed by atoms with van der Waals surface area (Å²) in [4.78, 5) is 31.1. The lowest BCUT2D eigenvalue weighted by Gasteiger charge is -2.44. The van der Waals surface area contributed by atoms with E-state index in [-0.39, 0.29) is 17.7 Å². The van der Waals surface area contributed by atoms with E-state index in [0.717, 1.165) is 38.6 Å². The van der Waals surface area contributed by atoms with Gasteiger partial charge in [0.25, 0.3) is 0 Å². The first-order valence-corrected chi connectivity index (χ1v) is 11.5. The quantitative estimate of drug-likeness (QED) is 0.730. The van der Waals surface area contributed by atoms with Crippen LogP contribution < -0.4 is 0 Å². The molecule has 1 aromatic carbocycles. The van der Waals surface area contributed by atoms with Crippen LogP contribution in [-0.2, 0) is 16.0 Å². The summed E-state index contributed by atoms with van der Waals surface area (Å²) in [5.41, 5.74) is 1.85. The molecule has 154 valence electrons. The van der Waals surface area contributed by atoms with Crippen LogP contribution in [0.1, 0.15) is 37.7 Å². The SMILES string of the molecule is CN(C)C(=O)[C@]1(Cc2ccc(-c3cccs3)cc2)CCCN(C(=O)C2CCC2)C1. The van der Waals surface area contributed by atoms with Crippen LogP contribution in [0.4, 0.5) is 0 Å². The lowest BCUT2D eigenvalue weighted by atomic mass is 9.73. The number of nitrogens with zero attached hydrogens (tertiary/aromatic N) is 2. The van der Waals surface area contributed by atoms with E-state index < -0.39 is 5.41 Å². The van der Waals surface area contributed by atoms with Crippen molar-refractivity contribution in [2.75, 3.05) is 27.2 Å². The molecule has 4 rings (SSSR count). The maximum atomic E-state index is 13.3. The van der Waals surface area contributed by atoms with Crippen molar-refractivity contribution in [1.82, 2.24) is 9.80 Å². The van der Waals surface area contributed by atoms with Crippen molar-refractivity contribution < 1.29 is 9.59 Å². The number of rotatable bonds is 5. The predicted octanol–water partition coefficient (Wildman–Crippen LogP) is 4.45. The third-order valence-corrected chi connectivity index (χ3v) is 7.42. The summed E-state index contributed by atoms with van der Waals surface area (Å²) in [6.07, 6.45) is 5.59. The Morgan fingerprint density at radius 3 is 2.48 bits per heavy atom. The van der Waals surface area contributed by atoms with Crippen molar-refractivity contribution in [1.29, 1.82) is 0 Å². The van der Waals surface area contributed by atoms with Crippen LogP contribution in [-0.4, -0.2) is 48.8 Å². The van der Waals surface area contributed by atoms with Crippen molar-refractivity contribution in [2.24, 2.45) is 11.3 Å². The van der Waals surface area contributed by atoms with Gasteiger partial charge in [-0.25, -0.2) is 0 Å². The Bertz CT molecular complexity index is 856. The van der Waals surface area contributed by atoms with E-state index in [1.54, 1.807) is 16.2 Å². The molecule has 0 spiro atoms. The Hall–Kier alpha value is -2.14. The van der Waals surface area contributed by atoms with Crippen molar-refractivity contribution >= 4 is 23.2 Å². The first kappa shape index (κ1) is 20.1. The Kier molecular flexibility index (Phi) is 5.77. The smallest absolute Gasteiger partial charge is 0.230 e. The molecule has 0 N–H and O–H groups in total. The Morgan fingerprint density at radius 1 is 1.14 bits per heavy atom. The minimum absolute atomic E-state index is 0.144. The van der Waals surface area contributed by atoms with Crippen LogP contribution in [0.2, 0.25) is 0 Å². The maximum Gasteiger partial charge on any atom is 0.230 e. The number of carbonyl (C=O) groups is 2. The summed E-state index contributed by atoms with van der Waals surface area (Å²) in [5, 5.41) is 2.09. The molecule has 4 nitrogen and oxygen atoms in total. The number of carbonyl (C=O) groups excluding carboxylic acids is 2. The molecule has 1 aliphatic carbocycles. The number of benzene rings is 1. The monoisotopic (exact) mass is 410 g/mol. The lowest BCUT2D eigenvalue weighted by molar-refractivity contribution is -0.150. The summed E-state index contributed by atoms with van der Waals surface area (Å²) >= 11 is 1.73. The van der Waals surface area contributed by atoms with Crippen molar-refractivity contribution in [3.63, 3.8) is 0 Å². The highest BCUT2D eigenvalue weighted by Crippen LogP contribution is 2.38. The number of hydrogen-bond acceptors (Lipinski definition) is 3.